The molecule has 15 heteroatoms. The molecule has 1 rings (SSSR count). The number of nitrogens with zero attached hydrogens (tertiary/aromatic N) is 1. The zero-order valence-corrected chi connectivity index (χ0v) is 24.3. The average Bonchev–Trinajstić information content (AvgIpc) is 3.18. The lowest BCUT2D eigenvalue weighted by Crippen LogP contribution is -2.48. The second kappa shape index (κ2) is 20.5. The lowest BCUT2D eigenvalue weighted by atomic mass is 10.1. The third-order valence-corrected chi connectivity index (χ3v) is 5.94. The molecule has 5 amide bonds. The maximum absolute atomic E-state index is 12.1. The van der Waals surface area contributed by atoms with Gasteiger partial charge in [-0.3, -0.25) is 28.9 Å². The summed E-state index contributed by atoms with van der Waals surface area (Å²) in [6, 6.07) is -1.22. The lowest BCUT2D eigenvalue weighted by molar-refractivity contribution is -0.142. The summed E-state index contributed by atoms with van der Waals surface area (Å²) < 4.78 is 0. The molecule has 0 radical (unpaired) electrons. The molecule has 0 spiro atoms. The number of aliphatic carboxylic acids is 1. The highest BCUT2D eigenvalue weighted by Gasteiger charge is 2.20. The number of nitrogens with two attached hydrogens (primary N) is 1. The molecule has 1 aliphatic carbocycles. The molecule has 0 aromatic heterocycles. The normalized spacial score (nSPS) is 13.1. The Hall–Kier alpha value is -4.37. The number of hydrogen-bond acceptors (Lipinski definition) is 8. The third-order valence-electron chi connectivity index (χ3n) is 5.70. The zero-order chi connectivity index (χ0) is 31.3. The quantitative estimate of drug-likeness (QED) is 0.0440. The molecule has 0 bridgehead atoms. The van der Waals surface area contributed by atoms with E-state index in [4.69, 9.17) is 18.0 Å². The monoisotopic (exact) mass is 605 g/mol. The molecule has 0 aromatic rings. The predicted molar refractivity (Wildman–Crippen MR) is 159 cm³/mol. The number of carboxylic acids is 1. The van der Waals surface area contributed by atoms with Gasteiger partial charge in [-0.1, -0.05) is 23.8 Å². The number of carboxylic acid groups (broad SMARTS) is 1. The van der Waals surface area contributed by atoms with Gasteiger partial charge in [0, 0.05) is 12.2 Å². The molecule has 42 heavy (non-hydrogen) atoms. The topological polar surface area (TPSA) is 212 Å². The van der Waals surface area contributed by atoms with Crippen LogP contribution in [0.25, 0.3) is 0 Å². The number of imide groups is 1. The Labute approximate surface area is 249 Å². The number of carbonyl (C=O) groups excluding carboxylic acids is 5. The summed E-state index contributed by atoms with van der Waals surface area (Å²) in [4.78, 5) is 71.4. The van der Waals surface area contributed by atoms with Gasteiger partial charge in [0.05, 0.1) is 19.6 Å². The molecular weight excluding hydrogens is 566 g/mol. The Kier molecular flexibility index (Phi) is 17.4. The number of hydrogen-bond donors (Lipinski definition) is 7. The molecule has 0 fully saturated rings. The van der Waals surface area contributed by atoms with E-state index in [9.17, 15) is 33.9 Å². The minimum absolute atomic E-state index is 0.0545. The predicted octanol–water partition coefficient (Wildman–Crippen LogP) is -0.897. The van der Waals surface area contributed by atoms with Crippen LogP contribution in [0.3, 0.4) is 0 Å². The summed E-state index contributed by atoms with van der Waals surface area (Å²) in [6.07, 6.45) is 13.1. The first kappa shape index (κ1) is 35.7. The number of thiocarbonyl (C=S) groups is 1. The summed E-state index contributed by atoms with van der Waals surface area (Å²) >= 11 is 5.19. The third kappa shape index (κ3) is 15.4. The van der Waals surface area contributed by atoms with Crippen LogP contribution < -0.4 is 32.3 Å². The molecule has 0 saturated heterocycles. The zero-order valence-electron chi connectivity index (χ0n) is 23.5. The largest absolute Gasteiger partial charge is 0.480 e. The SMILES string of the molecule is C/C=C\C(=O)N(C=O)CCCCC(NC(=O)CNC(=O)CNC(=O)CNC(=S)NC1=CC=C(CCN)CC=C1)C(=O)O. The number of rotatable bonds is 18. The summed E-state index contributed by atoms with van der Waals surface area (Å²) in [5, 5.41) is 22.3. The number of amides is 5. The molecule has 1 atom stereocenters. The van der Waals surface area contributed by atoms with E-state index in [-0.39, 0.29) is 24.6 Å². The molecule has 0 aromatic carbocycles. The van der Waals surface area contributed by atoms with Crippen LogP contribution in [0.1, 0.15) is 39.0 Å². The molecule has 0 aliphatic heterocycles. The number of unbranched alkanes of at least 4 members (excludes halogenated alkanes) is 1. The molecular formula is C27H39N7O7S. The van der Waals surface area contributed by atoms with Crippen LogP contribution in [0.5, 0.6) is 0 Å². The Morgan fingerprint density at radius 1 is 1.05 bits per heavy atom. The van der Waals surface area contributed by atoms with Crippen LogP contribution in [-0.2, 0) is 28.8 Å². The minimum Gasteiger partial charge on any atom is -0.480 e. The summed E-state index contributed by atoms with van der Waals surface area (Å²) in [7, 11) is 0. The number of carbonyl (C=O) groups is 6. The van der Waals surface area contributed by atoms with E-state index < -0.39 is 48.7 Å². The van der Waals surface area contributed by atoms with Crippen molar-refractivity contribution < 1.29 is 33.9 Å². The van der Waals surface area contributed by atoms with E-state index >= 15 is 0 Å². The van der Waals surface area contributed by atoms with Gasteiger partial charge in [0.25, 0.3) is 5.91 Å². The van der Waals surface area contributed by atoms with Crippen molar-refractivity contribution in [1.29, 1.82) is 0 Å². The first-order valence-electron chi connectivity index (χ1n) is 13.3. The fraction of sp³-hybridized carbons (Fsp3) is 0.444. The lowest BCUT2D eigenvalue weighted by Gasteiger charge is -2.16. The van der Waals surface area contributed by atoms with Gasteiger partial charge in [-0.15, -0.1) is 0 Å². The van der Waals surface area contributed by atoms with E-state index in [0.717, 1.165) is 23.4 Å². The molecule has 1 aliphatic rings. The van der Waals surface area contributed by atoms with Gasteiger partial charge in [-0.25, -0.2) is 4.79 Å². The van der Waals surface area contributed by atoms with Gasteiger partial charge >= 0.3 is 5.97 Å². The Balaban J connectivity index is 2.31. The van der Waals surface area contributed by atoms with Gasteiger partial charge in [-0.05, 0) is 76.0 Å². The summed E-state index contributed by atoms with van der Waals surface area (Å²) in [5.74, 6) is -3.64. The standard InChI is InChI=1S/C27H39N7O7S/c1-2-6-25(39)34(18-35)14-4-3-9-21(26(40)41)33-24(38)17-30-22(36)15-29-23(37)16-31-27(42)32-20-8-5-7-19(10-11-20)12-13-28/h2,5-6,8,10-11,18,21H,3-4,7,9,12-17,28H2,1H3,(H,29,37)(H,30,36)(H,33,38)(H,40,41)(H2,31,32,42)/b6-2-. The highest BCUT2D eigenvalue weighted by atomic mass is 32.1. The van der Waals surface area contributed by atoms with Gasteiger partial charge in [0.15, 0.2) is 5.11 Å². The highest BCUT2D eigenvalue weighted by molar-refractivity contribution is 7.80. The van der Waals surface area contributed by atoms with Crippen LogP contribution in [-0.4, -0.2) is 89.9 Å². The molecule has 0 saturated carbocycles. The Bertz CT molecular complexity index is 1120. The van der Waals surface area contributed by atoms with Crippen LogP contribution >= 0.6 is 12.2 Å². The highest BCUT2D eigenvalue weighted by Crippen LogP contribution is 2.12. The smallest absolute Gasteiger partial charge is 0.326 e. The van der Waals surface area contributed by atoms with Crippen LogP contribution in [0, 0.1) is 0 Å². The average molecular weight is 606 g/mol. The van der Waals surface area contributed by atoms with Gasteiger partial charge < -0.3 is 37.4 Å². The molecule has 1 unspecified atom stereocenters. The van der Waals surface area contributed by atoms with Gasteiger partial charge in [0.1, 0.15) is 6.04 Å². The maximum Gasteiger partial charge on any atom is 0.326 e. The first-order chi connectivity index (χ1) is 20.1. The second-order valence-electron chi connectivity index (χ2n) is 9.04. The van der Waals surface area contributed by atoms with E-state index in [0.29, 0.717) is 25.8 Å². The van der Waals surface area contributed by atoms with E-state index in [1.807, 2.05) is 24.3 Å². The van der Waals surface area contributed by atoms with Crippen molar-refractivity contribution in [1.82, 2.24) is 31.5 Å². The van der Waals surface area contributed by atoms with E-state index in [2.05, 4.69) is 26.6 Å². The number of allylic oxidation sites excluding steroid dienone is 5. The van der Waals surface area contributed by atoms with E-state index in [1.165, 1.54) is 17.7 Å². The van der Waals surface area contributed by atoms with Crippen molar-refractivity contribution in [3.63, 3.8) is 0 Å². The van der Waals surface area contributed by atoms with Gasteiger partial charge in [0.2, 0.25) is 24.1 Å². The van der Waals surface area contributed by atoms with Crippen molar-refractivity contribution in [3.05, 3.63) is 47.7 Å². The van der Waals surface area contributed by atoms with Crippen molar-refractivity contribution >= 4 is 53.3 Å². The van der Waals surface area contributed by atoms with Crippen LogP contribution in [0.2, 0.25) is 0 Å². The van der Waals surface area contributed by atoms with Crippen LogP contribution in [0.4, 0.5) is 0 Å². The van der Waals surface area contributed by atoms with Crippen molar-refractivity contribution in [3.8, 4) is 0 Å². The Morgan fingerprint density at radius 2 is 1.71 bits per heavy atom. The van der Waals surface area contributed by atoms with Crippen molar-refractivity contribution in [2.45, 2.75) is 45.1 Å². The number of nitrogens with one attached hydrogen (secondary N) is 5. The van der Waals surface area contributed by atoms with Crippen LogP contribution in [0.15, 0.2) is 47.7 Å². The molecule has 8 N–H and O–H groups in total. The summed E-state index contributed by atoms with van der Waals surface area (Å²) in [5.41, 5.74) is 7.52. The minimum atomic E-state index is -1.27. The summed E-state index contributed by atoms with van der Waals surface area (Å²) in [6.45, 7) is 1.22. The van der Waals surface area contributed by atoms with Gasteiger partial charge in [-0.2, -0.15) is 0 Å². The second-order valence-corrected chi connectivity index (χ2v) is 9.45. The first-order valence-corrected chi connectivity index (χ1v) is 13.8. The maximum atomic E-state index is 12.1. The molecule has 230 valence electrons. The van der Waals surface area contributed by atoms with E-state index in [1.54, 1.807) is 6.92 Å². The molecule has 0 heterocycles. The van der Waals surface area contributed by atoms with Crippen molar-refractivity contribution in [2.75, 3.05) is 32.7 Å². The Morgan fingerprint density at radius 3 is 2.33 bits per heavy atom. The fourth-order valence-corrected chi connectivity index (χ4v) is 3.72. The fourth-order valence-electron chi connectivity index (χ4n) is 3.53. The molecule has 14 nitrogen and oxygen atoms in total. The van der Waals surface area contributed by atoms with Crippen molar-refractivity contribution in [2.24, 2.45) is 5.73 Å².